The van der Waals surface area contributed by atoms with Crippen LogP contribution in [-0.4, -0.2) is 36.0 Å². The fourth-order valence-electron chi connectivity index (χ4n) is 2.53. The fraction of sp³-hybridized carbons (Fsp3) is 0.846. The molecule has 4 heteroatoms. The Morgan fingerprint density at radius 2 is 2.24 bits per heavy atom. The van der Waals surface area contributed by atoms with Crippen LogP contribution in [0.3, 0.4) is 0 Å². The maximum atomic E-state index is 12.4. The molecule has 1 N–H and O–H groups in total. The first kappa shape index (κ1) is 12.4. The van der Waals surface area contributed by atoms with E-state index in [4.69, 9.17) is 5.26 Å². The molecule has 4 nitrogen and oxygen atoms in total. The van der Waals surface area contributed by atoms with Crippen LogP contribution in [-0.2, 0) is 4.79 Å². The minimum atomic E-state index is -0.0157. The second-order valence-corrected chi connectivity index (χ2v) is 5.31. The van der Waals surface area contributed by atoms with Crippen LogP contribution in [0, 0.1) is 17.2 Å². The standard InChI is InChI=1S/C13H21N3O/c1-10-5-7-15-12(9-10)13(17)16(8-2-6-14)11-3-4-11/h10-12,15H,2-5,7-9H2,1H3. The van der Waals surface area contributed by atoms with Crippen LogP contribution in [0.5, 0.6) is 0 Å². The van der Waals surface area contributed by atoms with Gasteiger partial charge in [-0.3, -0.25) is 4.79 Å². The highest BCUT2D eigenvalue weighted by Crippen LogP contribution is 2.28. The van der Waals surface area contributed by atoms with Gasteiger partial charge in [-0.2, -0.15) is 5.26 Å². The van der Waals surface area contributed by atoms with Gasteiger partial charge in [-0.05, 0) is 38.1 Å². The zero-order chi connectivity index (χ0) is 12.3. The molecule has 2 aliphatic rings. The maximum Gasteiger partial charge on any atom is 0.239 e. The summed E-state index contributed by atoms with van der Waals surface area (Å²) in [7, 11) is 0. The van der Waals surface area contributed by atoms with E-state index in [2.05, 4.69) is 18.3 Å². The molecule has 0 bridgehead atoms. The minimum absolute atomic E-state index is 0.0157. The van der Waals surface area contributed by atoms with E-state index >= 15 is 0 Å². The van der Waals surface area contributed by atoms with Crippen LogP contribution in [0.2, 0.25) is 0 Å². The van der Waals surface area contributed by atoms with Crippen molar-refractivity contribution in [1.29, 1.82) is 5.26 Å². The Kier molecular flexibility index (Phi) is 4.01. The van der Waals surface area contributed by atoms with Crippen LogP contribution in [0.1, 0.15) is 39.0 Å². The fourth-order valence-corrected chi connectivity index (χ4v) is 2.53. The van der Waals surface area contributed by atoms with Crippen molar-refractivity contribution < 1.29 is 4.79 Å². The third-order valence-corrected chi connectivity index (χ3v) is 3.70. The Balaban J connectivity index is 1.93. The summed E-state index contributed by atoms with van der Waals surface area (Å²) >= 11 is 0. The molecule has 0 aromatic rings. The van der Waals surface area contributed by atoms with E-state index in [1.165, 1.54) is 0 Å². The Labute approximate surface area is 103 Å². The molecule has 1 aliphatic carbocycles. The SMILES string of the molecule is CC1CCNC(C(=O)N(CCC#N)C2CC2)C1. The Hall–Kier alpha value is -1.08. The highest BCUT2D eigenvalue weighted by atomic mass is 16.2. The Morgan fingerprint density at radius 1 is 1.47 bits per heavy atom. The van der Waals surface area contributed by atoms with Gasteiger partial charge in [-0.15, -0.1) is 0 Å². The first-order chi connectivity index (χ1) is 8.22. The molecule has 2 unspecified atom stereocenters. The summed E-state index contributed by atoms with van der Waals surface area (Å²) in [6, 6.07) is 2.53. The van der Waals surface area contributed by atoms with E-state index in [9.17, 15) is 4.79 Å². The Bertz CT molecular complexity index is 319. The van der Waals surface area contributed by atoms with Gasteiger partial charge >= 0.3 is 0 Å². The number of piperidine rings is 1. The first-order valence-corrected chi connectivity index (χ1v) is 6.63. The molecule has 0 spiro atoms. The van der Waals surface area contributed by atoms with Crippen LogP contribution >= 0.6 is 0 Å². The molecule has 17 heavy (non-hydrogen) atoms. The van der Waals surface area contributed by atoms with E-state index in [0.717, 1.165) is 32.2 Å². The van der Waals surface area contributed by atoms with Gasteiger partial charge in [0.1, 0.15) is 0 Å². The van der Waals surface area contributed by atoms with E-state index in [1.807, 2.05) is 4.90 Å². The molecule has 94 valence electrons. The smallest absolute Gasteiger partial charge is 0.239 e. The summed E-state index contributed by atoms with van der Waals surface area (Å²) in [5.74, 6) is 0.844. The van der Waals surface area contributed by atoms with E-state index < -0.39 is 0 Å². The minimum Gasteiger partial charge on any atom is -0.337 e. The van der Waals surface area contributed by atoms with Gasteiger partial charge in [0.25, 0.3) is 0 Å². The maximum absolute atomic E-state index is 12.4. The normalized spacial score (nSPS) is 28.5. The second-order valence-electron chi connectivity index (χ2n) is 5.31. The summed E-state index contributed by atoms with van der Waals surface area (Å²) in [5, 5.41) is 12.0. The van der Waals surface area contributed by atoms with Crippen LogP contribution < -0.4 is 5.32 Å². The number of nitrogens with one attached hydrogen (secondary N) is 1. The van der Waals surface area contributed by atoms with Crippen molar-refractivity contribution in [3.05, 3.63) is 0 Å². The number of nitriles is 1. The highest BCUT2D eigenvalue weighted by molar-refractivity contribution is 5.82. The largest absolute Gasteiger partial charge is 0.337 e. The van der Waals surface area contributed by atoms with Crippen molar-refractivity contribution in [2.24, 2.45) is 5.92 Å². The molecule has 1 saturated carbocycles. The van der Waals surface area contributed by atoms with Crippen LogP contribution in [0.15, 0.2) is 0 Å². The summed E-state index contributed by atoms with van der Waals surface area (Å²) in [5.41, 5.74) is 0. The number of hydrogen-bond donors (Lipinski definition) is 1. The van der Waals surface area contributed by atoms with Gasteiger partial charge in [-0.1, -0.05) is 6.92 Å². The molecule has 0 radical (unpaired) electrons. The second kappa shape index (κ2) is 5.50. The molecule has 1 saturated heterocycles. The molecular weight excluding hydrogens is 214 g/mol. The number of hydrogen-bond acceptors (Lipinski definition) is 3. The zero-order valence-corrected chi connectivity index (χ0v) is 10.5. The van der Waals surface area contributed by atoms with E-state index in [0.29, 0.717) is 24.9 Å². The van der Waals surface area contributed by atoms with Crippen molar-refractivity contribution in [3.63, 3.8) is 0 Å². The molecule has 1 amide bonds. The van der Waals surface area contributed by atoms with Gasteiger partial charge in [0.15, 0.2) is 0 Å². The molecule has 0 aromatic heterocycles. The van der Waals surface area contributed by atoms with Crippen LogP contribution in [0.4, 0.5) is 0 Å². The monoisotopic (exact) mass is 235 g/mol. The summed E-state index contributed by atoms with van der Waals surface area (Å²) in [6.07, 6.45) is 4.77. The van der Waals surface area contributed by atoms with Crippen LogP contribution in [0.25, 0.3) is 0 Å². The van der Waals surface area contributed by atoms with E-state index in [-0.39, 0.29) is 11.9 Å². The molecule has 1 heterocycles. The number of nitrogens with zero attached hydrogens (tertiary/aromatic N) is 2. The number of rotatable bonds is 4. The van der Waals surface area contributed by atoms with Crippen molar-refractivity contribution >= 4 is 5.91 Å². The van der Waals surface area contributed by atoms with Gasteiger partial charge in [0.2, 0.25) is 5.91 Å². The Morgan fingerprint density at radius 3 is 2.82 bits per heavy atom. The van der Waals surface area contributed by atoms with Crippen molar-refractivity contribution in [3.8, 4) is 6.07 Å². The lowest BCUT2D eigenvalue weighted by Crippen LogP contribution is -2.50. The molecule has 2 atom stereocenters. The lowest BCUT2D eigenvalue weighted by atomic mass is 9.93. The van der Waals surface area contributed by atoms with Crippen molar-refractivity contribution in [1.82, 2.24) is 10.2 Å². The molecule has 0 aromatic carbocycles. The lowest BCUT2D eigenvalue weighted by Gasteiger charge is -2.32. The topological polar surface area (TPSA) is 56.1 Å². The average molecular weight is 235 g/mol. The summed E-state index contributed by atoms with van der Waals surface area (Å²) in [6.45, 7) is 3.75. The van der Waals surface area contributed by atoms with Gasteiger partial charge in [0.05, 0.1) is 18.5 Å². The molecule has 1 aliphatic heterocycles. The average Bonchev–Trinajstić information content (AvgIpc) is 3.14. The molecule has 2 rings (SSSR count). The van der Waals surface area contributed by atoms with Crippen molar-refractivity contribution in [2.75, 3.05) is 13.1 Å². The zero-order valence-electron chi connectivity index (χ0n) is 10.5. The molecule has 2 fully saturated rings. The number of amides is 1. The summed E-state index contributed by atoms with van der Waals surface area (Å²) in [4.78, 5) is 14.3. The van der Waals surface area contributed by atoms with Gasteiger partial charge in [0, 0.05) is 12.6 Å². The third-order valence-electron chi connectivity index (χ3n) is 3.70. The third kappa shape index (κ3) is 3.19. The van der Waals surface area contributed by atoms with E-state index in [1.54, 1.807) is 0 Å². The van der Waals surface area contributed by atoms with Gasteiger partial charge < -0.3 is 10.2 Å². The number of carbonyl (C=O) groups is 1. The highest BCUT2D eigenvalue weighted by Gasteiger charge is 2.36. The predicted octanol–water partition coefficient (Wildman–Crippen LogP) is 1.28. The summed E-state index contributed by atoms with van der Waals surface area (Å²) < 4.78 is 0. The van der Waals surface area contributed by atoms with Gasteiger partial charge in [-0.25, -0.2) is 0 Å². The predicted molar refractivity (Wildman–Crippen MR) is 65.2 cm³/mol. The van der Waals surface area contributed by atoms with Crippen molar-refractivity contribution in [2.45, 2.75) is 51.1 Å². The quantitative estimate of drug-likeness (QED) is 0.798. The molecular formula is C13H21N3O. The first-order valence-electron chi connectivity index (χ1n) is 6.63. The lowest BCUT2D eigenvalue weighted by molar-refractivity contribution is -0.135. The number of carbonyl (C=O) groups excluding carboxylic acids is 1.